The lowest BCUT2D eigenvalue weighted by Crippen LogP contribution is -2.25. The summed E-state index contributed by atoms with van der Waals surface area (Å²) in [6, 6.07) is 9.78. The molecule has 2 aromatic rings. The van der Waals surface area contributed by atoms with Crippen LogP contribution in [0.2, 0.25) is 0 Å². The second-order valence-corrected chi connectivity index (χ2v) is 4.25. The van der Waals surface area contributed by atoms with E-state index in [9.17, 15) is 9.18 Å². The summed E-state index contributed by atoms with van der Waals surface area (Å²) in [7, 11) is 1.54. The van der Waals surface area contributed by atoms with Gasteiger partial charge in [-0.1, -0.05) is 24.3 Å². The van der Waals surface area contributed by atoms with Crippen LogP contribution in [0.5, 0.6) is 5.88 Å². The summed E-state index contributed by atoms with van der Waals surface area (Å²) in [6.45, 7) is 0.351. The highest BCUT2D eigenvalue weighted by atomic mass is 19.1. The molecule has 0 saturated carbocycles. The minimum absolute atomic E-state index is 0.0241. The lowest BCUT2D eigenvalue weighted by atomic mass is 10.1. The molecule has 0 spiro atoms. The Morgan fingerprint density at radius 1 is 1.30 bits per heavy atom. The number of rotatable bonds is 5. The van der Waals surface area contributed by atoms with Gasteiger partial charge in [-0.3, -0.25) is 4.79 Å². The van der Waals surface area contributed by atoms with E-state index >= 15 is 0 Å². The predicted molar refractivity (Wildman–Crippen MR) is 72.7 cm³/mol. The molecule has 1 heterocycles. The van der Waals surface area contributed by atoms with Crippen LogP contribution >= 0.6 is 0 Å². The van der Waals surface area contributed by atoms with E-state index in [0.29, 0.717) is 18.0 Å². The van der Waals surface area contributed by atoms with E-state index in [1.54, 1.807) is 30.5 Å². The highest BCUT2D eigenvalue weighted by Crippen LogP contribution is 2.08. The van der Waals surface area contributed by atoms with Crippen molar-refractivity contribution in [2.75, 3.05) is 7.11 Å². The first kappa shape index (κ1) is 14.0. The van der Waals surface area contributed by atoms with Gasteiger partial charge < -0.3 is 10.1 Å². The van der Waals surface area contributed by atoms with Gasteiger partial charge in [-0.25, -0.2) is 9.37 Å². The average molecular weight is 274 g/mol. The predicted octanol–water partition coefficient (Wildman–Crippen LogP) is 2.09. The van der Waals surface area contributed by atoms with Crippen LogP contribution in [0.1, 0.15) is 11.1 Å². The Kier molecular flexibility index (Phi) is 4.65. The van der Waals surface area contributed by atoms with Crippen molar-refractivity contribution < 1.29 is 13.9 Å². The van der Waals surface area contributed by atoms with E-state index in [1.807, 2.05) is 6.07 Å². The molecule has 1 amide bonds. The Balaban J connectivity index is 1.87. The number of benzene rings is 1. The third-order valence-corrected chi connectivity index (χ3v) is 2.81. The van der Waals surface area contributed by atoms with E-state index in [-0.39, 0.29) is 18.1 Å². The lowest BCUT2D eigenvalue weighted by Gasteiger charge is -2.06. The standard InChI is InChI=1S/C15H15FN2O2/c1-20-15-7-6-11(10-18-15)9-17-14(19)8-12-4-2-3-5-13(12)16/h2-7,10H,8-9H2,1H3,(H,17,19). The van der Waals surface area contributed by atoms with Crippen LogP contribution in [0.15, 0.2) is 42.6 Å². The van der Waals surface area contributed by atoms with Gasteiger partial charge in [-0.05, 0) is 17.2 Å². The number of carbonyl (C=O) groups is 1. The first-order chi connectivity index (χ1) is 9.69. The van der Waals surface area contributed by atoms with Gasteiger partial charge in [0.05, 0.1) is 13.5 Å². The van der Waals surface area contributed by atoms with Crippen molar-refractivity contribution in [3.05, 3.63) is 59.5 Å². The number of hydrogen-bond acceptors (Lipinski definition) is 3. The maximum absolute atomic E-state index is 13.4. The van der Waals surface area contributed by atoms with E-state index in [1.165, 1.54) is 13.2 Å². The molecular formula is C15H15FN2O2. The number of ether oxygens (including phenoxy) is 1. The average Bonchev–Trinajstić information content (AvgIpc) is 2.48. The number of hydrogen-bond donors (Lipinski definition) is 1. The molecule has 104 valence electrons. The Morgan fingerprint density at radius 2 is 2.10 bits per heavy atom. The molecule has 0 radical (unpaired) electrons. The topological polar surface area (TPSA) is 51.2 Å². The summed E-state index contributed by atoms with van der Waals surface area (Å²) < 4.78 is 18.3. The van der Waals surface area contributed by atoms with E-state index in [0.717, 1.165) is 5.56 Å². The fraction of sp³-hybridized carbons (Fsp3) is 0.200. The van der Waals surface area contributed by atoms with Gasteiger partial charge in [0.15, 0.2) is 0 Å². The second kappa shape index (κ2) is 6.65. The van der Waals surface area contributed by atoms with Crippen LogP contribution in [0, 0.1) is 5.82 Å². The van der Waals surface area contributed by atoms with Gasteiger partial charge in [0, 0.05) is 18.8 Å². The molecule has 0 aliphatic carbocycles. The minimum atomic E-state index is -0.367. The quantitative estimate of drug-likeness (QED) is 0.908. The van der Waals surface area contributed by atoms with E-state index in [4.69, 9.17) is 4.74 Å². The first-order valence-electron chi connectivity index (χ1n) is 6.18. The SMILES string of the molecule is COc1ccc(CNC(=O)Cc2ccccc2F)cn1. The molecule has 0 fully saturated rings. The van der Waals surface area contributed by atoms with Crippen LogP contribution in [0.25, 0.3) is 0 Å². The molecule has 5 heteroatoms. The molecule has 0 saturated heterocycles. The van der Waals surface area contributed by atoms with Gasteiger partial charge in [-0.15, -0.1) is 0 Å². The van der Waals surface area contributed by atoms with Crippen molar-refractivity contribution in [3.8, 4) is 5.88 Å². The van der Waals surface area contributed by atoms with Crippen molar-refractivity contribution in [2.24, 2.45) is 0 Å². The third-order valence-electron chi connectivity index (χ3n) is 2.81. The number of aromatic nitrogens is 1. The molecule has 20 heavy (non-hydrogen) atoms. The van der Waals surface area contributed by atoms with Crippen LogP contribution in [-0.4, -0.2) is 18.0 Å². The van der Waals surface area contributed by atoms with E-state index < -0.39 is 0 Å². The summed E-state index contributed by atoms with van der Waals surface area (Å²) in [6.07, 6.45) is 1.65. The van der Waals surface area contributed by atoms with Crippen molar-refractivity contribution in [1.82, 2.24) is 10.3 Å². The summed E-state index contributed by atoms with van der Waals surface area (Å²) in [5, 5.41) is 2.73. The smallest absolute Gasteiger partial charge is 0.224 e. The maximum atomic E-state index is 13.4. The molecule has 0 atom stereocenters. The monoisotopic (exact) mass is 274 g/mol. The second-order valence-electron chi connectivity index (χ2n) is 4.25. The highest BCUT2D eigenvalue weighted by molar-refractivity contribution is 5.78. The fourth-order valence-corrected chi connectivity index (χ4v) is 1.71. The van der Waals surface area contributed by atoms with Crippen molar-refractivity contribution in [3.63, 3.8) is 0 Å². The molecular weight excluding hydrogens is 259 g/mol. The number of halogens is 1. The molecule has 4 nitrogen and oxygen atoms in total. The molecule has 2 rings (SSSR count). The van der Waals surface area contributed by atoms with E-state index in [2.05, 4.69) is 10.3 Å². The van der Waals surface area contributed by atoms with Crippen LogP contribution < -0.4 is 10.1 Å². The lowest BCUT2D eigenvalue weighted by molar-refractivity contribution is -0.120. The molecule has 0 aliphatic heterocycles. The first-order valence-corrected chi connectivity index (χ1v) is 6.18. The number of methoxy groups -OCH3 is 1. The van der Waals surface area contributed by atoms with Gasteiger partial charge in [-0.2, -0.15) is 0 Å². The Labute approximate surface area is 116 Å². The summed E-state index contributed by atoms with van der Waals surface area (Å²) in [4.78, 5) is 15.8. The number of nitrogens with one attached hydrogen (secondary N) is 1. The van der Waals surface area contributed by atoms with Gasteiger partial charge >= 0.3 is 0 Å². The molecule has 0 bridgehead atoms. The summed E-state index contributed by atoms with van der Waals surface area (Å²) in [5.41, 5.74) is 1.24. The Bertz CT molecular complexity index is 585. The van der Waals surface area contributed by atoms with Crippen LogP contribution in [-0.2, 0) is 17.8 Å². The van der Waals surface area contributed by atoms with Gasteiger partial charge in [0.25, 0.3) is 0 Å². The number of nitrogens with zero attached hydrogens (tertiary/aromatic N) is 1. The number of pyridine rings is 1. The summed E-state index contributed by atoms with van der Waals surface area (Å²) >= 11 is 0. The normalized spacial score (nSPS) is 10.1. The molecule has 1 aromatic heterocycles. The highest BCUT2D eigenvalue weighted by Gasteiger charge is 2.07. The van der Waals surface area contributed by atoms with Crippen LogP contribution in [0.4, 0.5) is 4.39 Å². The molecule has 1 aromatic carbocycles. The molecule has 0 aliphatic rings. The van der Waals surface area contributed by atoms with Gasteiger partial charge in [0.2, 0.25) is 11.8 Å². The zero-order chi connectivity index (χ0) is 14.4. The fourth-order valence-electron chi connectivity index (χ4n) is 1.71. The van der Waals surface area contributed by atoms with Crippen molar-refractivity contribution >= 4 is 5.91 Å². The van der Waals surface area contributed by atoms with Crippen LogP contribution in [0.3, 0.4) is 0 Å². The number of carbonyl (C=O) groups excluding carboxylic acids is 1. The van der Waals surface area contributed by atoms with Gasteiger partial charge in [0.1, 0.15) is 5.82 Å². The Hall–Kier alpha value is -2.43. The maximum Gasteiger partial charge on any atom is 0.224 e. The largest absolute Gasteiger partial charge is 0.481 e. The van der Waals surface area contributed by atoms with Crippen molar-refractivity contribution in [1.29, 1.82) is 0 Å². The molecule has 1 N–H and O–H groups in total. The molecule has 0 unspecified atom stereocenters. The Morgan fingerprint density at radius 3 is 2.75 bits per heavy atom. The van der Waals surface area contributed by atoms with Crippen molar-refractivity contribution in [2.45, 2.75) is 13.0 Å². The third kappa shape index (κ3) is 3.78. The zero-order valence-corrected chi connectivity index (χ0v) is 11.1. The minimum Gasteiger partial charge on any atom is -0.481 e. The number of amides is 1. The summed E-state index contributed by atoms with van der Waals surface area (Å²) in [5.74, 6) is -0.0777. The zero-order valence-electron chi connectivity index (χ0n) is 11.1.